The van der Waals surface area contributed by atoms with Gasteiger partial charge in [0.25, 0.3) is 0 Å². The molecule has 0 aliphatic carbocycles. The molecule has 33 heavy (non-hydrogen) atoms. The highest BCUT2D eigenvalue weighted by atomic mass is 32.2. The van der Waals surface area contributed by atoms with Crippen molar-refractivity contribution in [3.63, 3.8) is 0 Å². The Morgan fingerprint density at radius 2 is 1.67 bits per heavy atom. The van der Waals surface area contributed by atoms with E-state index in [0.29, 0.717) is 17.1 Å². The molecule has 2 heterocycles. The number of amides is 1. The predicted molar refractivity (Wildman–Crippen MR) is 129 cm³/mol. The maximum absolute atomic E-state index is 12.9. The second kappa shape index (κ2) is 8.33. The zero-order chi connectivity index (χ0) is 23.0. The maximum Gasteiger partial charge on any atom is 0.229 e. The number of nitrogens with zero attached hydrogens (tertiary/aromatic N) is 2. The van der Waals surface area contributed by atoms with Crippen LogP contribution in [0.4, 0.5) is 5.82 Å². The van der Waals surface area contributed by atoms with Gasteiger partial charge in [-0.2, -0.15) is 5.10 Å². The van der Waals surface area contributed by atoms with Crippen molar-refractivity contribution in [2.75, 3.05) is 5.32 Å². The van der Waals surface area contributed by atoms with E-state index in [-0.39, 0.29) is 23.8 Å². The smallest absolute Gasteiger partial charge is 0.229 e. The molecule has 0 bridgehead atoms. The highest BCUT2D eigenvalue weighted by Crippen LogP contribution is 2.33. The molecular weight excluding hydrogens is 434 g/mol. The molecule has 1 aliphatic rings. The van der Waals surface area contributed by atoms with Crippen molar-refractivity contribution in [3.05, 3.63) is 101 Å². The third-order valence-electron chi connectivity index (χ3n) is 5.72. The van der Waals surface area contributed by atoms with Crippen LogP contribution in [0.2, 0.25) is 0 Å². The summed E-state index contributed by atoms with van der Waals surface area (Å²) < 4.78 is 26.0. The number of hydrogen-bond acceptors (Lipinski definition) is 4. The summed E-state index contributed by atoms with van der Waals surface area (Å²) in [7, 11) is -3.24. The quantitative estimate of drug-likeness (QED) is 0.480. The number of anilines is 1. The van der Waals surface area contributed by atoms with Crippen LogP contribution in [0.1, 0.15) is 22.4 Å². The van der Waals surface area contributed by atoms with Crippen LogP contribution in [0.3, 0.4) is 0 Å². The van der Waals surface area contributed by atoms with Gasteiger partial charge in [-0.1, -0.05) is 66.7 Å². The Balaban J connectivity index is 1.40. The number of hydrogen-bond donors (Lipinski definition) is 1. The van der Waals surface area contributed by atoms with E-state index in [2.05, 4.69) is 10.4 Å². The fourth-order valence-corrected chi connectivity index (χ4v) is 5.62. The lowest BCUT2D eigenvalue weighted by Crippen LogP contribution is -2.18. The molecule has 1 aromatic heterocycles. The van der Waals surface area contributed by atoms with E-state index in [1.54, 1.807) is 4.68 Å². The van der Waals surface area contributed by atoms with Gasteiger partial charge in [-0.05, 0) is 41.3 Å². The molecule has 0 spiro atoms. The first-order valence-corrected chi connectivity index (χ1v) is 12.5. The van der Waals surface area contributed by atoms with E-state index in [1.165, 1.54) is 0 Å². The molecule has 1 N–H and O–H groups in total. The van der Waals surface area contributed by atoms with Gasteiger partial charge in [-0.3, -0.25) is 4.79 Å². The number of aryl methyl sites for hydroxylation is 1. The number of benzene rings is 3. The highest BCUT2D eigenvalue weighted by molar-refractivity contribution is 7.90. The third kappa shape index (κ3) is 4.45. The van der Waals surface area contributed by atoms with E-state index in [9.17, 15) is 13.2 Å². The van der Waals surface area contributed by atoms with Gasteiger partial charge in [0.1, 0.15) is 5.82 Å². The number of carbonyl (C=O) groups is 1. The van der Waals surface area contributed by atoms with Gasteiger partial charge in [0.15, 0.2) is 9.84 Å². The highest BCUT2D eigenvalue weighted by Gasteiger charge is 2.33. The molecule has 1 amide bonds. The SMILES string of the molecule is Cc1cccc(-n2nc3c(c2NC(=O)Cc2ccc(-c4ccccc4)cc2)CS(=O)(=O)C3)c1. The molecule has 0 fully saturated rings. The number of nitrogens with one attached hydrogen (secondary N) is 1. The van der Waals surface area contributed by atoms with Crippen molar-refractivity contribution in [3.8, 4) is 16.8 Å². The zero-order valence-electron chi connectivity index (χ0n) is 18.2. The summed E-state index contributed by atoms with van der Waals surface area (Å²) in [6, 6.07) is 25.7. The van der Waals surface area contributed by atoms with Gasteiger partial charge in [0.05, 0.1) is 29.3 Å². The average molecular weight is 458 g/mol. The molecule has 1 aliphatic heterocycles. The Morgan fingerprint density at radius 1 is 0.939 bits per heavy atom. The summed E-state index contributed by atoms with van der Waals surface area (Å²) in [6.07, 6.45) is 0.176. The maximum atomic E-state index is 12.9. The minimum Gasteiger partial charge on any atom is -0.310 e. The number of carbonyl (C=O) groups excluding carboxylic acids is 1. The first kappa shape index (κ1) is 21.2. The number of fused-ring (bicyclic) bond motifs is 1. The van der Waals surface area contributed by atoms with E-state index < -0.39 is 9.84 Å². The topological polar surface area (TPSA) is 81.1 Å². The first-order valence-electron chi connectivity index (χ1n) is 10.7. The van der Waals surface area contributed by atoms with Crippen LogP contribution >= 0.6 is 0 Å². The summed E-state index contributed by atoms with van der Waals surface area (Å²) in [5, 5.41) is 7.46. The van der Waals surface area contributed by atoms with Crippen LogP contribution < -0.4 is 5.32 Å². The Labute approximate surface area is 192 Å². The van der Waals surface area contributed by atoms with Gasteiger partial charge in [0.2, 0.25) is 5.91 Å². The molecule has 3 aromatic carbocycles. The van der Waals surface area contributed by atoms with Gasteiger partial charge in [-0.25, -0.2) is 13.1 Å². The van der Waals surface area contributed by atoms with Gasteiger partial charge >= 0.3 is 0 Å². The number of sulfone groups is 1. The predicted octanol–water partition coefficient (Wildman–Crippen LogP) is 4.46. The largest absolute Gasteiger partial charge is 0.310 e. The molecule has 7 heteroatoms. The summed E-state index contributed by atoms with van der Waals surface area (Å²) in [5.41, 5.74) is 5.98. The monoisotopic (exact) mass is 457 g/mol. The summed E-state index contributed by atoms with van der Waals surface area (Å²) in [5.74, 6) is -0.00789. The van der Waals surface area contributed by atoms with Crippen molar-refractivity contribution in [2.24, 2.45) is 0 Å². The van der Waals surface area contributed by atoms with Crippen molar-refractivity contribution in [1.29, 1.82) is 0 Å². The van der Waals surface area contributed by atoms with Gasteiger partial charge < -0.3 is 5.32 Å². The summed E-state index contributed by atoms with van der Waals surface area (Å²) in [6.45, 7) is 1.97. The van der Waals surface area contributed by atoms with E-state index in [0.717, 1.165) is 27.9 Å². The average Bonchev–Trinajstić information content (AvgIpc) is 3.27. The number of aromatic nitrogens is 2. The molecule has 0 saturated carbocycles. The van der Waals surface area contributed by atoms with Crippen LogP contribution in [-0.4, -0.2) is 24.1 Å². The Morgan fingerprint density at radius 3 is 2.39 bits per heavy atom. The second-order valence-electron chi connectivity index (χ2n) is 8.34. The molecule has 166 valence electrons. The van der Waals surface area contributed by atoms with Gasteiger partial charge in [0, 0.05) is 5.56 Å². The Kier molecular flexibility index (Phi) is 5.34. The van der Waals surface area contributed by atoms with Crippen molar-refractivity contribution in [1.82, 2.24) is 9.78 Å². The van der Waals surface area contributed by atoms with Crippen LogP contribution in [0.25, 0.3) is 16.8 Å². The number of rotatable bonds is 5. The van der Waals surface area contributed by atoms with E-state index in [1.807, 2.05) is 85.8 Å². The molecule has 0 radical (unpaired) electrons. The normalized spacial score (nSPS) is 14.1. The lowest BCUT2D eigenvalue weighted by molar-refractivity contribution is -0.115. The van der Waals surface area contributed by atoms with Crippen LogP contribution in [0.15, 0.2) is 78.9 Å². The Hall–Kier alpha value is -3.71. The second-order valence-corrected chi connectivity index (χ2v) is 10.4. The van der Waals surface area contributed by atoms with Crippen molar-refractivity contribution in [2.45, 2.75) is 24.9 Å². The first-order chi connectivity index (χ1) is 15.9. The van der Waals surface area contributed by atoms with Crippen LogP contribution in [-0.2, 0) is 32.6 Å². The molecule has 6 nitrogen and oxygen atoms in total. The van der Waals surface area contributed by atoms with Gasteiger partial charge in [-0.15, -0.1) is 0 Å². The fourth-order valence-electron chi connectivity index (χ4n) is 4.12. The zero-order valence-corrected chi connectivity index (χ0v) is 19.0. The Bertz CT molecular complexity index is 1440. The molecule has 5 rings (SSSR count). The molecule has 0 unspecified atom stereocenters. The van der Waals surface area contributed by atoms with Crippen LogP contribution in [0.5, 0.6) is 0 Å². The summed E-state index contributed by atoms with van der Waals surface area (Å²) in [4.78, 5) is 12.9. The molecule has 0 atom stereocenters. The van der Waals surface area contributed by atoms with Crippen molar-refractivity contribution < 1.29 is 13.2 Å². The standard InChI is InChI=1S/C26H23N3O3S/c1-18-6-5-9-22(14-18)29-26(23-16-33(31,32)17-24(23)28-29)27-25(30)15-19-10-12-21(13-11-19)20-7-3-2-4-8-20/h2-14H,15-17H2,1H3,(H,27,30). The molecular formula is C26H23N3O3S. The fraction of sp³-hybridized carbons (Fsp3) is 0.154. The summed E-state index contributed by atoms with van der Waals surface area (Å²) >= 11 is 0. The molecule has 0 saturated heterocycles. The van der Waals surface area contributed by atoms with E-state index in [4.69, 9.17) is 0 Å². The minimum atomic E-state index is -3.24. The molecule has 4 aromatic rings. The van der Waals surface area contributed by atoms with Crippen molar-refractivity contribution >= 4 is 21.6 Å². The lowest BCUT2D eigenvalue weighted by atomic mass is 10.0. The third-order valence-corrected chi connectivity index (χ3v) is 7.16. The lowest BCUT2D eigenvalue weighted by Gasteiger charge is -2.12. The van der Waals surface area contributed by atoms with E-state index >= 15 is 0 Å². The minimum absolute atomic E-state index is 0.106. The van der Waals surface area contributed by atoms with Crippen LogP contribution in [0, 0.1) is 6.92 Å².